The minimum atomic E-state index is -0.933. The van der Waals surface area contributed by atoms with E-state index >= 15 is 0 Å². The molecular formula is C6H14O5. The monoisotopic (exact) mass is 166 g/mol. The van der Waals surface area contributed by atoms with Crippen molar-refractivity contribution in [3.05, 3.63) is 0 Å². The number of carbonyl (C=O) groups is 1. The molecule has 0 aliphatic heterocycles. The van der Waals surface area contributed by atoms with Crippen molar-refractivity contribution in [2.75, 3.05) is 34.7 Å². The van der Waals surface area contributed by atoms with Crippen molar-refractivity contribution in [2.24, 2.45) is 0 Å². The number of hydrogen-bond acceptors (Lipinski definition) is 4. The molecule has 0 aliphatic carbocycles. The maximum Gasteiger partial charge on any atom is 0.329 e. The average Bonchev–Trinajstić information content (AvgIpc) is 1.90. The minimum absolute atomic E-state index is 0.208. The van der Waals surface area contributed by atoms with Gasteiger partial charge in [-0.15, -0.1) is 0 Å². The van der Waals surface area contributed by atoms with E-state index in [2.05, 4.69) is 14.2 Å². The van der Waals surface area contributed by atoms with Crippen LogP contribution in [-0.2, 0) is 19.0 Å². The third-order valence-electron chi connectivity index (χ3n) is 0.504. The largest absolute Gasteiger partial charge is 0.480 e. The van der Waals surface area contributed by atoms with E-state index in [0.29, 0.717) is 6.79 Å². The fraction of sp³-hybridized carbons (Fsp3) is 0.833. The molecule has 0 saturated heterocycles. The first-order valence-corrected chi connectivity index (χ1v) is 2.87. The van der Waals surface area contributed by atoms with Gasteiger partial charge in [-0.25, -0.2) is 4.79 Å². The van der Waals surface area contributed by atoms with Gasteiger partial charge in [-0.1, -0.05) is 0 Å². The van der Waals surface area contributed by atoms with Crippen LogP contribution in [0.3, 0.4) is 0 Å². The number of aliphatic carboxylic acids is 1. The molecule has 0 amide bonds. The first kappa shape index (κ1) is 13.0. The highest BCUT2D eigenvalue weighted by molar-refractivity contribution is 5.67. The van der Waals surface area contributed by atoms with Crippen LogP contribution < -0.4 is 0 Å². The lowest BCUT2D eigenvalue weighted by Gasteiger charge is -1.87. The van der Waals surface area contributed by atoms with Crippen LogP contribution in [-0.4, -0.2) is 45.8 Å². The zero-order valence-corrected chi connectivity index (χ0v) is 6.99. The van der Waals surface area contributed by atoms with Crippen molar-refractivity contribution in [1.29, 1.82) is 0 Å². The van der Waals surface area contributed by atoms with Crippen LogP contribution >= 0.6 is 0 Å². The number of ether oxygens (including phenoxy) is 3. The van der Waals surface area contributed by atoms with Crippen molar-refractivity contribution in [1.82, 2.24) is 0 Å². The number of hydrogen-bond donors (Lipinski definition) is 1. The Morgan fingerprint density at radius 3 is 1.64 bits per heavy atom. The zero-order valence-electron chi connectivity index (χ0n) is 6.99. The summed E-state index contributed by atoms with van der Waals surface area (Å²) in [4.78, 5) is 9.47. The molecule has 0 rings (SSSR count). The summed E-state index contributed by atoms with van der Waals surface area (Å²) in [6.45, 7) is 0.181. The van der Waals surface area contributed by atoms with E-state index in [0.717, 1.165) is 0 Å². The minimum Gasteiger partial charge on any atom is -0.480 e. The van der Waals surface area contributed by atoms with Crippen LogP contribution in [0.4, 0.5) is 0 Å². The lowest BCUT2D eigenvalue weighted by atomic mass is 10.8. The third-order valence-corrected chi connectivity index (χ3v) is 0.504. The molecule has 0 radical (unpaired) electrons. The molecule has 0 heterocycles. The summed E-state index contributed by atoms with van der Waals surface area (Å²) >= 11 is 0. The summed E-state index contributed by atoms with van der Waals surface area (Å²) < 4.78 is 13.1. The van der Waals surface area contributed by atoms with E-state index < -0.39 is 5.97 Å². The summed E-state index contributed by atoms with van der Waals surface area (Å²) in [6, 6.07) is 0. The second kappa shape index (κ2) is 12.1. The molecule has 0 aromatic heterocycles. The molecule has 68 valence electrons. The van der Waals surface area contributed by atoms with Gasteiger partial charge < -0.3 is 19.3 Å². The Labute approximate surface area is 65.9 Å². The van der Waals surface area contributed by atoms with Gasteiger partial charge in [0.05, 0.1) is 0 Å². The lowest BCUT2D eigenvalue weighted by molar-refractivity contribution is -0.141. The predicted octanol–water partition coefficient (Wildman–Crippen LogP) is -0.0459. The average molecular weight is 166 g/mol. The van der Waals surface area contributed by atoms with Crippen LogP contribution in [0, 0.1) is 0 Å². The Kier molecular flexibility index (Phi) is 14.2. The highest BCUT2D eigenvalue weighted by Gasteiger charge is 1.87. The molecule has 0 atom stereocenters. The predicted molar refractivity (Wildman–Crippen MR) is 38.4 cm³/mol. The summed E-state index contributed by atoms with van der Waals surface area (Å²) in [5.74, 6) is -0.933. The number of methoxy groups -OCH3 is 3. The van der Waals surface area contributed by atoms with Crippen molar-refractivity contribution >= 4 is 5.97 Å². The smallest absolute Gasteiger partial charge is 0.329 e. The van der Waals surface area contributed by atoms with Gasteiger partial charge in [0, 0.05) is 21.3 Å². The molecule has 0 aromatic carbocycles. The highest BCUT2D eigenvalue weighted by atomic mass is 16.6. The van der Waals surface area contributed by atoms with E-state index in [-0.39, 0.29) is 6.61 Å². The highest BCUT2D eigenvalue weighted by Crippen LogP contribution is 1.61. The number of rotatable bonds is 4. The molecule has 5 nitrogen and oxygen atoms in total. The molecule has 0 unspecified atom stereocenters. The molecule has 0 fully saturated rings. The molecule has 0 aliphatic rings. The summed E-state index contributed by atoms with van der Waals surface area (Å²) in [6.07, 6.45) is 0. The second-order valence-electron chi connectivity index (χ2n) is 1.52. The van der Waals surface area contributed by atoms with E-state index in [1.165, 1.54) is 7.11 Å². The van der Waals surface area contributed by atoms with Crippen LogP contribution in [0.15, 0.2) is 0 Å². The maximum absolute atomic E-state index is 9.47. The molecular weight excluding hydrogens is 152 g/mol. The Bertz CT molecular complexity index is 81.0. The summed E-state index contributed by atoms with van der Waals surface area (Å²) in [5, 5.41) is 7.79. The van der Waals surface area contributed by atoms with Crippen LogP contribution in [0.2, 0.25) is 0 Å². The van der Waals surface area contributed by atoms with Gasteiger partial charge in [0.2, 0.25) is 0 Å². The molecule has 0 saturated carbocycles. The van der Waals surface area contributed by atoms with E-state index in [9.17, 15) is 4.79 Å². The topological polar surface area (TPSA) is 65.0 Å². The van der Waals surface area contributed by atoms with Crippen molar-refractivity contribution in [2.45, 2.75) is 0 Å². The number of carboxylic acid groups (broad SMARTS) is 1. The van der Waals surface area contributed by atoms with Crippen LogP contribution in [0.1, 0.15) is 0 Å². The summed E-state index contributed by atoms with van der Waals surface area (Å²) in [7, 11) is 4.51. The SMILES string of the molecule is COCC(=O)O.COCOC. The lowest BCUT2D eigenvalue weighted by Crippen LogP contribution is -2.02. The van der Waals surface area contributed by atoms with E-state index in [4.69, 9.17) is 5.11 Å². The molecule has 5 heteroatoms. The first-order valence-electron chi connectivity index (χ1n) is 2.87. The zero-order chi connectivity index (χ0) is 9.11. The molecule has 0 aromatic rings. The normalized spacial score (nSPS) is 8.27. The number of carboxylic acids is 1. The quantitative estimate of drug-likeness (QED) is 0.593. The van der Waals surface area contributed by atoms with Crippen LogP contribution in [0.5, 0.6) is 0 Å². The van der Waals surface area contributed by atoms with Gasteiger partial charge in [0.15, 0.2) is 0 Å². The standard InChI is InChI=1S/C3H6O3.C3H8O2/c1-6-2-3(4)5;1-4-3-5-2/h2H2,1H3,(H,4,5);3H2,1-2H3. The summed E-state index contributed by atoms with van der Waals surface area (Å²) in [5.41, 5.74) is 0. The van der Waals surface area contributed by atoms with Gasteiger partial charge in [0.25, 0.3) is 0 Å². The molecule has 0 bridgehead atoms. The van der Waals surface area contributed by atoms with Crippen LogP contribution in [0.25, 0.3) is 0 Å². The second-order valence-corrected chi connectivity index (χ2v) is 1.52. The fourth-order valence-corrected chi connectivity index (χ4v) is 0.241. The Balaban J connectivity index is 0. The third kappa shape index (κ3) is 26.7. The Morgan fingerprint density at radius 2 is 1.64 bits per heavy atom. The van der Waals surface area contributed by atoms with Crippen molar-refractivity contribution < 1.29 is 24.1 Å². The van der Waals surface area contributed by atoms with Crippen molar-refractivity contribution in [3.8, 4) is 0 Å². The fourth-order valence-electron chi connectivity index (χ4n) is 0.241. The molecule has 1 N–H and O–H groups in total. The van der Waals surface area contributed by atoms with Gasteiger partial charge in [0.1, 0.15) is 13.4 Å². The van der Waals surface area contributed by atoms with Gasteiger partial charge >= 0.3 is 5.97 Å². The van der Waals surface area contributed by atoms with Gasteiger partial charge in [-0.05, 0) is 0 Å². The molecule has 0 spiro atoms. The Morgan fingerprint density at radius 1 is 1.18 bits per heavy atom. The maximum atomic E-state index is 9.47. The first-order chi connectivity index (χ1) is 5.18. The van der Waals surface area contributed by atoms with E-state index in [1.54, 1.807) is 14.2 Å². The van der Waals surface area contributed by atoms with Gasteiger partial charge in [-0.3, -0.25) is 0 Å². The van der Waals surface area contributed by atoms with Crippen molar-refractivity contribution in [3.63, 3.8) is 0 Å². The Hall–Kier alpha value is -0.650. The van der Waals surface area contributed by atoms with E-state index in [1.807, 2.05) is 0 Å². The molecule has 11 heavy (non-hydrogen) atoms. The van der Waals surface area contributed by atoms with Gasteiger partial charge in [-0.2, -0.15) is 0 Å².